The van der Waals surface area contributed by atoms with Gasteiger partial charge >= 0.3 is 6.03 Å². The summed E-state index contributed by atoms with van der Waals surface area (Å²) in [6.07, 6.45) is 0.897. The molecule has 25 heavy (non-hydrogen) atoms. The summed E-state index contributed by atoms with van der Waals surface area (Å²) in [4.78, 5) is 15.8. The molecular weight excluding hydrogens is 332 g/mol. The highest BCUT2D eigenvalue weighted by Crippen LogP contribution is 2.35. The van der Waals surface area contributed by atoms with Gasteiger partial charge in [-0.15, -0.1) is 11.3 Å². The quantitative estimate of drug-likeness (QED) is 0.537. The van der Waals surface area contributed by atoms with Crippen LogP contribution in [0.5, 0.6) is 0 Å². The molecule has 0 spiro atoms. The second-order valence-corrected chi connectivity index (χ2v) is 7.36. The zero-order valence-electron chi connectivity index (χ0n) is 13.5. The van der Waals surface area contributed by atoms with Crippen LogP contribution in [0.4, 0.5) is 10.6 Å². The Bertz CT molecular complexity index is 1100. The topological polar surface area (TPSA) is 61.0 Å². The van der Waals surface area contributed by atoms with Gasteiger partial charge in [0.25, 0.3) is 0 Å². The summed E-state index contributed by atoms with van der Waals surface area (Å²) in [6, 6.07) is 16.2. The molecule has 2 aromatic heterocycles. The van der Waals surface area contributed by atoms with Gasteiger partial charge in [0.1, 0.15) is 0 Å². The Morgan fingerprint density at radius 3 is 2.84 bits per heavy atom. The minimum absolute atomic E-state index is 0.0969. The Morgan fingerprint density at radius 1 is 1.12 bits per heavy atom. The van der Waals surface area contributed by atoms with Crippen molar-refractivity contribution in [3.63, 3.8) is 0 Å². The number of nitrogens with zero attached hydrogens (tertiary/aromatic N) is 2. The van der Waals surface area contributed by atoms with Gasteiger partial charge in [0.2, 0.25) is 0 Å². The van der Waals surface area contributed by atoms with E-state index < -0.39 is 0 Å². The smallest absolute Gasteiger partial charge is 0.319 e. The van der Waals surface area contributed by atoms with Crippen molar-refractivity contribution in [1.82, 2.24) is 15.1 Å². The first-order valence-corrected chi connectivity index (χ1v) is 9.09. The number of fused-ring (bicyclic) bond motifs is 4. The highest BCUT2D eigenvalue weighted by Gasteiger charge is 2.24. The Morgan fingerprint density at radius 2 is 1.92 bits per heavy atom. The number of aromatic amines is 1. The molecule has 2 N–H and O–H groups in total. The molecule has 0 saturated heterocycles. The molecule has 0 atom stereocenters. The van der Waals surface area contributed by atoms with Crippen molar-refractivity contribution in [2.24, 2.45) is 0 Å². The first kappa shape index (κ1) is 14.5. The van der Waals surface area contributed by atoms with E-state index in [0.717, 1.165) is 23.9 Å². The molecule has 3 heterocycles. The van der Waals surface area contributed by atoms with Crippen molar-refractivity contribution in [2.75, 3.05) is 11.9 Å². The molecule has 2 amide bonds. The molecule has 0 radical (unpaired) electrons. The average Bonchev–Trinajstić information content (AvgIpc) is 3.22. The predicted molar refractivity (Wildman–Crippen MR) is 101 cm³/mol. The maximum atomic E-state index is 12.7. The molecule has 0 fully saturated rings. The molecule has 0 bridgehead atoms. The Balaban J connectivity index is 1.40. The molecule has 0 saturated carbocycles. The Kier molecular flexibility index (Phi) is 3.24. The van der Waals surface area contributed by atoms with Crippen molar-refractivity contribution < 1.29 is 4.79 Å². The van der Waals surface area contributed by atoms with Crippen molar-refractivity contribution in [3.8, 4) is 0 Å². The van der Waals surface area contributed by atoms with Crippen LogP contribution in [0.25, 0.3) is 21.0 Å². The third-order valence-electron chi connectivity index (χ3n) is 4.73. The summed E-state index contributed by atoms with van der Waals surface area (Å²) in [7, 11) is 0. The number of H-pyrrole nitrogens is 1. The fourth-order valence-electron chi connectivity index (χ4n) is 3.46. The van der Waals surface area contributed by atoms with Crippen LogP contribution in [0.1, 0.15) is 10.4 Å². The van der Waals surface area contributed by atoms with Crippen molar-refractivity contribution >= 4 is 44.2 Å². The summed E-state index contributed by atoms with van der Waals surface area (Å²) in [6.45, 7) is 1.38. The third kappa shape index (κ3) is 2.37. The number of carbonyl (C=O) groups excluding carboxylic acids is 1. The molecule has 2 aromatic carbocycles. The van der Waals surface area contributed by atoms with Crippen LogP contribution >= 0.6 is 11.3 Å². The maximum absolute atomic E-state index is 12.7. The van der Waals surface area contributed by atoms with E-state index in [0.29, 0.717) is 12.4 Å². The molecule has 4 aromatic rings. The first-order chi connectivity index (χ1) is 12.3. The largest absolute Gasteiger partial charge is 0.323 e. The number of thiophene rings is 1. The first-order valence-electron chi connectivity index (χ1n) is 8.28. The fraction of sp³-hybridized carbons (Fsp3) is 0.158. The zero-order chi connectivity index (χ0) is 16.8. The van der Waals surface area contributed by atoms with E-state index in [2.05, 4.69) is 39.8 Å². The average molecular weight is 348 g/mol. The second kappa shape index (κ2) is 5.60. The number of amides is 2. The minimum atomic E-state index is -0.0969. The summed E-state index contributed by atoms with van der Waals surface area (Å²) in [5.74, 6) is 0.586. The Hall–Kier alpha value is -2.86. The SMILES string of the molecule is O=C(Nc1n[nH]c2ccccc12)N1CCc2c(sc3ccccc23)C1. The van der Waals surface area contributed by atoms with Crippen molar-refractivity contribution in [1.29, 1.82) is 0 Å². The molecule has 1 aliphatic heterocycles. The monoisotopic (exact) mass is 348 g/mol. The summed E-state index contributed by atoms with van der Waals surface area (Å²) >= 11 is 1.79. The number of nitrogens with one attached hydrogen (secondary N) is 2. The maximum Gasteiger partial charge on any atom is 0.323 e. The van der Waals surface area contributed by atoms with Gasteiger partial charge in [0.15, 0.2) is 5.82 Å². The number of hydrogen-bond acceptors (Lipinski definition) is 3. The number of anilines is 1. The minimum Gasteiger partial charge on any atom is -0.319 e. The van der Waals surface area contributed by atoms with Gasteiger partial charge in [-0.1, -0.05) is 30.3 Å². The Labute approximate surface area is 148 Å². The summed E-state index contributed by atoms with van der Waals surface area (Å²) < 4.78 is 1.30. The summed E-state index contributed by atoms with van der Waals surface area (Å²) in [5, 5.41) is 12.4. The number of rotatable bonds is 1. The number of carbonyl (C=O) groups is 1. The zero-order valence-corrected chi connectivity index (χ0v) is 14.3. The third-order valence-corrected chi connectivity index (χ3v) is 5.93. The van der Waals surface area contributed by atoms with E-state index in [1.807, 2.05) is 29.2 Å². The van der Waals surface area contributed by atoms with Crippen LogP contribution < -0.4 is 5.32 Å². The predicted octanol–water partition coefficient (Wildman–Crippen LogP) is 4.37. The van der Waals surface area contributed by atoms with E-state index >= 15 is 0 Å². The van der Waals surface area contributed by atoms with Gasteiger partial charge in [0, 0.05) is 21.5 Å². The van der Waals surface area contributed by atoms with E-state index in [1.54, 1.807) is 11.3 Å². The van der Waals surface area contributed by atoms with Crippen LogP contribution in [0.2, 0.25) is 0 Å². The lowest BCUT2D eigenvalue weighted by Crippen LogP contribution is -2.38. The van der Waals surface area contributed by atoms with Crippen LogP contribution in [-0.4, -0.2) is 27.7 Å². The highest BCUT2D eigenvalue weighted by molar-refractivity contribution is 7.19. The van der Waals surface area contributed by atoms with E-state index in [9.17, 15) is 4.79 Å². The highest BCUT2D eigenvalue weighted by atomic mass is 32.1. The van der Waals surface area contributed by atoms with Gasteiger partial charge in [-0.25, -0.2) is 4.79 Å². The van der Waals surface area contributed by atoms with Crippen LogP contribution in [0.3, 0.4) is 0 Å². The van der Waals surface area contributed by atoms with Crippen LogP contribution in [0.15, 0.2) is 48.5 Å². The number of para-hydroxylation sites is 1. The van der Waals surface area contributed by atoms with Crippen LogP contribution in [-0.2, 0) is 13.0 Å². The fourth-order valence-corrected chi connectivity index (χ4v) is 4.73. The van der Waals surface area contributed by atoms with Crippen LogP contribution in [0, 0.1) is 0 Å². The van der Waals surface area contributed by atoms with Gasteiger partial charge in [-0.05, 0) is 35.6 Å². The molecular formula is C19H16N4OS. The number of benzene rings is 2. The summed E-state index contributed by atoms with van der Waals surface area (Å²) in [5.41, 5.74) is 2.32. The van der Waals surface area contributed by atoms with Crippen molar-refractivity contribution in [2.45, 2.75) is 13.0 Å². The van der Waals surface area contributed by atoms with E-state index in [-0.39, 0.29) is 6.03 Å². The van der Waals surface area contributed by atoms with Gasteiger partial charge in [-0.2, -0.15) is 5.10 Å². The number of urea groups is 1. The number of hydrogen-bond donors (Lipinski definition) is 2. The van der Waals surface area contributed by atoms with E-state index in [1.165, 1.54) is 20.5 Å². The lowest BCUT2D eigenvalue weighted by atomic mass is 10.0. The van der Waals surface area contributed by atoms with Gasteiger partial charge in [-0.3, -0.25) is 10.4 Å². The number of aromatic nitrogens is 2. The van der Waals surface area contributed by atoms with Gasteiger partial charge < -0.3 is 4.90 Å². The van der Waals surface area contributed by atoms with Gasteiger partial charge in [0.05, 0.1) is 12.1 Å². The standard InChI is InChI=1S/C19H16N4OS/c24-19(20-18-14-6-1-3-7-15(14)21-22-18)23-10-9-13-12-5-2-4-8-16(12)25-17(13)11-23/h1-8H,9-11H2,(H2,20,21,22,24). The second-order valence-electron chi connectivity index (χ2n) is 6.22. The molecule has 6 heteroatoms. The molecule has 1 aliphatic rings. The molecule has 0 unspecified atom stereocenters. The molecule has 0 aliphatic carbocycles. The molecule has 124 valence electrons. The molecule has 5 rings (SSSR count). The van der Waals surface area contributed by atoms with Crippen molar-refractivity contribution in [3.05, 3.63) is 59.0 Å². The lowest BCUT2D eigenvalue weighted by Gasteiger charge is -2.26. The van der Waals surface area contributed by atoms with E-state index in [4.69, 9.17) is 0 Å². The normalized spacial score (nSPS) is 14.0. The molecule has 5 nitrogen and oxygen atoms in total. The lowest BCUT2D eigenvalue weighted by molar-refractivity contribution is 0.207.